The zero-order valence-corrected chi connectivity index (χ0v) is 10.7. The summed E-state index contributed by atoms with van der Waals surface area (Å²) in [6, 6.07) is 3.70. The second kappa shape index (κ2) is 4.20. The minimum absolute atomic E-state index is 0.0121. The smallest absolute Gasteiger partial charge is 0.267 e. The van der Waals surface area contributed by atoms with Gasteiger partial charge in [-0.3, -0.25) is 19.6 Å². The van der Waals surface area contributed by atoms with E-state index in [2.05, 4.69) is 16.1 Å². The zero-order chi connectivity index (χ0) is 12.6. The molecule has 4 heteroatoms. The summed E-state index contributed by atoms with van der Waals surface area (Å²) in [6.45, 7) is 8.60. The molecule has 0 aromatic carbocycles. The molecule has 1 N–H and O–H groups in total. The lowest BCUT2D eigenvalue weighted by atomic mass is 10.1. The van der Waals surface area contributed by atoms with Gasteiger partial charge >= 0.3 is 0 Å². The Morgan fingerprint density at radius 3 is 2.53 bits per heavy atom. The largest absolute Gasteiger partial charge is 0.293 e. The summed E-state index contributed by atoms with van der Waals surface area (Å²) in [4.78, 5) is 16.2. The van der Waals surface area contributed by atoms with Crippen LogP contribution >= 0.6 is 0 Å². The summed E-state index contributed by atoms with van der Waals surface area (Å²) < 4.78 is 1.58. The van der Waals surface area contributed by atoms with E-state index >= 15 is 0 Å². The van der Waals surface area contributed by atoms with Gasteiger partial charge in [-0.2, -0.15) is 0 Å². The van der Waals surface area contributed by atoms with E-state index in [1.165, 1.54) is 5.56 Å². The molecule has 0 saturated carbocycles. The summed E-state index contributed by atoms with van der Waals surface area (Å²) >= 11 is 0. The Bertz CT molecular complexity index is 608. The molecule has 2 heterocycles. The van der Waals surface area contributed by atoms with Gasteiger partial charge in [0.1, 0.15) is 0 Å². The van der Waals surface area contributed by atoms with Crippen molar-refractivity contribution >= 4 is 0 Å². The molecule has 0 aliphatic heterocycles. The molecular formula is C13H17N3O. The van der Waals surface area contributed by atoms with E-state index in [0.717, 1.165) is 22.6 Å². The highest BCUT2D eigenvalue weighted by molar-refractivity contribution is 5.59. The fourth-order valence-corrected chi connectivity index (χ4v) is 1.90. The van der Waals surface area contributed by atoms with Crippen LogP contribution in [0.5, 0.6) is 0 Å². The third kappa shape index (κ3) is 2.02. The molecule has 0 fully saturated rings. The van der Waals surface area contributed by atoms with Gasteiger partial charge in [-0.05, 0) is 38.8 Å². The topological polar surface area (TPSA) is 50.7 Å². The quantitative estimate of drug-likeness (QED) is 0.861. The number of pyridine rings is 1. The first-order chi connectivity index (χ1) is 8.02. The van der Waals surface area contributed by atoms with Crippen LogP contribution in [0.25, 0.3) is 11.4 Å². The highest BCUT2D eigenvalue weighted by atomic mass is 16.1. The summed E-state index contributed by atoms with van der Waals surface area (Å²) in [6.07, 6.45) is 0. The van der Waals surface area contributed by atoms with E-state index < -0.39 is 0 Å². The number of aryl methyl sites for hydroxylation is 4. The Kier molecular flexibility index (Phi) is 2.88. The maximum absolute atomic E-state index is 11.6. The molecule has 4 nitrogen and oxygen atoms in total. The molecule has 0 unspecified atom stereocenters. The summed E-state index contributed by atoms with van der Waals surface area (Å²) in [5.74, 6) is 0. The maximum atomic E-state index is 11.6. The summed E-state index contributed by atoms with van der Waals surface area (Å²) in [5.41, 5.74) is 4.88. The van der Waals surface area contributed by atoms with Gasteiger partial charge in [-0.1, -0.05) is 6.07 Å². The number of aromatic amines is 1. The molecule has 0 radical (unpaired) electrons. The van der Waals surface area contributed by atoms with Crippen molar-refractivity contribution in [1.29, 1.82) is 0 Å². The standard InChI is InChI=1S/C13H17N3O/c1-5-16-12(17)7-11(15-16)13-9(3)6-8(2)10(4)14-13/h6-7,15H,5H2,1-4H3. The van der Waals surface area contributed by atoms with Gasteiger partial charge in [-0.25, -0.2) is 0 Å². The molecule has 0 saturated heterocycles. The van der Waals surface area contributed by atoms with Gasteiger partial charge in [0.25, 0.3) is 5.56 Å². The summed E-state index contributed by atoms with van der Waals surface area (Å²) in [7, 11) is 0. The van der Waals surface area contributed by atoms with E-state index in [1.54, 1.807) is 10.7 Å². The van der Waals surface area contributed by atoms with Crippen LogP contribution in [-0.4, -0.2) is 14.8 Å². The average Bonchev–Trinajstić information content (AvgIpc) is 2.65. The van der Waals surface area contributed by atoms with Crippen molar-refractivity contribution in [3.63, 3.8) is 0 Å². The predicted octanol–water partition coefficient (Wildman–Crippen LogP) is 2.18. The van der Waals surface area contributed by atoms with Gasteiger partial charge in [0.2, 0.25) is 0 Å². The van der Waals surface area contributed by atoms with Crippen LogP contribution < -0.4 is 5.56 Å². The van der Waals surface area contributed by atoms with Crippen LogP contribution in [0, 0.1) is 20.8 Å². The van der Waals surface area contributed by atoms with Crippen molar-refractivity contribution in [2.45, 2.75) is 34.2 Å². The van der Waals surface area contributed by atoms with Gasteiger partial charge < -0.3 is 0 Å². The number of nitrogens with one attached hydrogen (secondary N) is 1. The first kappa shape index (κ1) is 11.6. The Morgan fingerprint density at radius 1 is 1.24 bits per heavy atom. The highest BCUT2D eigenvalue weighted by Crippen LogP contribution is 2.20. The number of aromatic nitrogens is 3. The van der Waals surface area contributed by atoms with Gasteiger partial charge in [0.15, 0.2) is 0 Å². The second-order valence-corrected chi connectivity index (χ2v) is 4.31. The molecule has 2 aromatic rings. The molecule has 2 aromatic heterocycles. The lowest BCUT2D eigenvalue weighted by molar-refractivity contribution is 0.639. The van der Waals surface area contributed by atoms with Crippen LogP contribution in [0.2, 0.25) is 0 Å². The molecule has 17 heavy (non-hydrogen) atoms. The van der Waals surface area contributed by atoms with Gasteiger partial charge in [0, 0.05) is 18.3 Å². The van der Waals surface area contributed by atoms with E-state index in [1.807, 2.05) is 27.7 Å². The lowest BCUT2D eigenvalue weighted by Gasteiger charge is -2.07. The molecule has 0 atom stereocenters. The molecule has 0 spiro atoms. The van der Waals surface area contributed by atoms with Gasteiger partial charge in [-0.15, -0.1) is 0 Å². The number of rotatable bonds is 2. The molecule has 0 aliphatic rings. The first-order valence-electron chi connectivity index (χ1n) is 5.78. The van der Waals surface area contributed by atoms with E-state index in [0.29, 0.717) is 6.54 Å². The van der Waals surface area contributed by atoms with Crippen molar-refractivity contribution in [2.75, 3.05) is 0 Å². The predicted molar refractivity (Wildman–Crippen MR) is 68.2 cm³/mol. The molecule has 90 valence electrons. The van der Waals surface area contributed by atoms with Crippen molar-refractivity contribution in [3.8, 4) is 11.4 Å². The van der Waals surface area contributed by atoms with Crippen molar-refractivity contribution in [2.24, 2.45) is 0 Å². The normalized spacial score (nSPS) is 10.8. The minimum Gasteiger partial charge on any atom is -0.293 e. The van der Waals surface area contributed by atoms with Crippen molar-refractivity contribution < 1.29 is 0 Å². The number of nitrogens with zero attached hydrogens (tertiary/aromatic N) is 2. The number of H-pyrrole nitrogens is 1. The molecule has 0 amide bonds. The Balaban J connectivity index is 2.60. The average molecular weight is 231 g/mol. The van der Waals surface area contributed by atoms with E-state index in [4.69, 9.17) is 0 Å². The van der Waals surface area contributed by atoms with Crippen LogP contribution in [0.3, 0.4) is 0 Å². The fraction of sp³-hybridized carbons (Fsp3) is 0.385. The molecule has 2 rings (SSSR count). The van der Waals surface area contributed by atoms with E-state index in [-0.39, 0.29) is 5.56 Å². The number of hydrogen-bond donors (Lipinski definition) is 1. The van der Waals surface area contributed by atoms with Crippen LogP contribution in [-0.2, 0) is 6.54 Å². The van der Waals surface area contributed by atoms with Gasteiger partial charge in [0.05, 0.1) is 11.4 Å². The minimum atomic E-state index is -0.0121. The lowest BCUT2D eigenvalue weighted by Crippen LogP contribution is -2.13. The monoisotopic (exact) mass is 231 g/mol. The molecular weight excluding hydrogens is 214 g/mol. The second-order valence-electron chi connectivity index (χ2n) is 4.31. The first-order valence-corrected chi connectivity index (χ1v) is 5.78. The zero-order valence-electron chi connectivity index (χ0n) is 10.7. The fourth-order valence-electron chi connectivity index (χ4n) is 1.90. The maximum Gasteiger partial charge on any atom is 0.267 e. The molecule has 0 bridgehead atoms. The Labute approximate surface area is 100 Å². The Hall–Kier alpha value is -1.84. The van der Waals surface area contributed by atoms with E-state index in [9.17, 15) is 4.79 Å². The van der Waals surface area contributed by atoms with Crippen molar-refractivity contribution in [3.05, 3.63) is 39.3 Å². The highest BCUT2D eigenvalue weighted by Gasteiger charge is 2.10. The molecule has 0 aliphatic carbocycles. The van der Waals surface area contributed by atoms with Crippen LogP contribution in [0.1, 0.15) is 23.7 Å². The van der Waals surface area contributed by atoms with Crippen molar-refractivity contribution in [1.82, 2.24) is 14.8 Å². The summed E-state index contributed by atoms with van der Waals surface area (Å²) in [5, 5.41) is 3.08. The van der Waals surface area contributed by atoms with Crippen LogP contribution in [0.4, 0.5) is 0 Å². The van der Waals surface area contributed by atoms with Crippen LogP contribution in [0.15, 0.2) is 16.9 Å². The third-order valence-electron chi connectivity index (χ3n) is 3.02. The SMILES string of the molecule is CCn1[nH]c(-c2nc(C)c(C)cc2C)cc1=O. The third-order valence-corrected chi connectivity index (χ3v) is 3.02. The Morgan fingerprint density at radius 2 is 1.94 bits per heavy atom. The number of hydrogen-bond acceptors (Lipinski definition) is 2.